The Morgan fingerprint density at radius 2 is 2.05 bits per heavy atom. The number of halogens is 5. The Hall–Kier alpha value is -1.03. The second-order valence-corrected chi connectivity index (χ2v) is 5.81. The number of hydrazine groups is 1. The molecule has 0 aliphatic rings. The molecule has 2 rings (SSSR count). The van der Waals surface area contributed by atoms with Gasteiger partial charge in [0, 0.05) is 21.1 Å². The SMILES string of the molecule is NNC(c1cnc(C(F)(F)F)s1)c1ccc(Br)cc1F. The summed E-state index contributed by atoms with van der Waals surface area (Å²) in [5.41, 5.74) is 2.45. The van der Waals surface area contributed by atoms with Crippen LogP contribution in [0.3, 0.4) is 0 Å². The van der Waals surface area contributed by atoms with Gasteiger partial charge in [0.25, 0.3) is 0 Å². The van der Waals surface area contributed by atoms with Gasteiger partial charge in [0.1, 0.15) is 5.82 Å². The van der Waals surface area contributed by atoms with Crippen molar-refractivity contribution < 1.29 is 17.6 Å². The molecule has 0 saturated carbocycles. The molecule has 20 heavy (non-hydrogen) atoms. The van der Waals surface area contributed by atoms with Crippen LogP contribution in [-0.2, 0) is 6.18 Å². The van der Waals surface area contributed by atoms with Gasteiger partial charge in [0.2, 0.25) is 0 Å². The van der Waals surface area contributed by atoms with Crippen molar-refractivity contribution in [3.8, 4) is 0 Å². The van der Waals surface area contributed by atoms with E-state index < -0.39 is 23.0 Å². The molecule has 0 aliphatic heterocycles. The van der Waals surface area contributed by atoms with E-state index in [-0.39, 0.29) is 10.4 Å². The number of nitrogens with zero attached hydrogens (tertiary/aromatic N) is 1. The average molecular weight is 370 g/mol. The van der Waals surface area contributed by atoms with Crippen LogP contribution in [0.5, 0.6) is 0 Å². The molecule has 0 saturated heterocycles. The monoisotopic (exact) mass is 369 g/mol. The van der Waals surface area contributed by atoms with E-state index >= 15 is 0 Å². The van der Waals surface area contributed by atoms with Gasteiger partial charge in [-0.25, -0.2) is 14.8 Å². The fourth-order valence-electron chi connectivity index (χ4n) is 1.61. The first-order valence-electron chi connectivity index (χ1n) is 5.27. The molecule has 0 fully saturated rings. The molecule has 1 heterocycles. The quantitative estimate of drug-likeness (QED) is 0.493. The van der Waals surface area contributed by atoms with E-state index in [2.05, 4.69) is 26.3 Å². The van der Waals surface area contributed by atoms with Crippen LogP contribution >= 0.6 is 27.3 Å². The normalized spacial score (nSPS) is 13.5. The van der Waals surface area contributed by atoms with E-state index in [0.29, 0.717) is 15.8 Å². The number of benzene rings is 1. The Morgan fingerprint density at radius 3 is 2.55 bits per heavy atom. The minimum Gasteiger partial charge on any atom is -0.271 e. The van der Waals surface area contributed by atoms with Crippen molar-refractivity contribution in [1.82, 2.24) is 10.4 Å². The number of rotatable bonds is 3. The fraction of sp³-hybridized carbons (Fsp3) is 0.182. The van der Waals surface area contributed by atoms with Gasteiger partial charge in [-0.3, -0.25) is 5.84 Å². The van der Waals surface area contributed by atoms with Gasteiger partial charge in [-0.15, -0.1) is 11.3 Å². The van der Waals surface area contributed by atoms with E-state index in [1.165, 1.54) is 12.1 Å². The molecule has 1 aromatic carbocycles. The molecule has 0 amide bonds. The predicted octanol–water partition coefficient (Wildman–Crippen LogP) is 3.62. The van der Waals surface area contributed by atoms with Crippen molar-refractivity contribution in [1.29, 1.82) is 0 Å². The predicted molar refractivity (Wildman–Crippen MR) is 70.4 cm³/mol. The molecular weight excluding hydrogens is 362 g/mol. The maximum absolute atomic E-state index is 13.9. The van der Waals surface area contributed by atoms with Crippen LogP contribution in [0.2, 0.25) is 0 Å². The highest BCUT2D eigenvalue weighted by Gasteiger charge is 2.35. The lowest BCUT2D eigenvalue weighted by atomic mass is 10.1. The van der Waals surface area contributed by atoms with Crippen LogP contribution in [0.25, 0.3) is 0 Å². The summed E-state index contributed by atoms with van der Waals surface area (Å²) in [5, 5.41) is -0.995. The molecule has 3 N–H and O–H groups in total. The number of thiazole rings is 1. The summed E-state index contributed by atoms with van der Waals surface area (Å²) in [6, 6.07) is 3.34. The summed E-state index contributed by atoms with van der Waals surface area (Å²) in [7, 11) is 0. The molecule has 9 heteroatoms. The van der Waals surface area contributed by atoms with Crippen molar-refractivity contribution >= 4 is 27.3 Å². The van der Waals surface area contributed by atoms with Gasteiger partial charge in [0.15, 0.2) is 5.01 Å². The van der Waals surface area contributed by atoms with Crippen LogP contribution in [0, 0.1) is 5.82 Å². The van der Waals surface area contributed by atoms with Crippen molar-refractivity contribution in [2.45, 2.75) is 12.2 Å². The Morgan fingerprint density at radius 1 is 1.35 bits per heavy atom. The lowest BCUT2D eigenvalue weighted by Crippen LogP contribution is -2.28. The average Bonchev–Trinajstić information content (AvgIpc) is 2.82. The van der Waals surface area contributed by atoms with Gasteiger partial charge >= 0.3 is 6.18 Å². The molecule has 0 spiro atoms. The van der Waals surface area contributed by atoms with E-state index in [0.717, 1.165) is 6.20 Å². The third kappa shape index (κ3) is 3.17. The summed E-state index contributed by atoms with van der Waals surface area (Å²) < 4.78 is 51.9. The van der Waals surface area contributed by atoms with Crippen molar-refractivity contribution in [3.05, 3.63) is 50.1 Å². The fourth-order valence-corrected chi connectivity index (χ4v) is 2.81. The van der Waals surface area contributed by atoms with Crippen LogP contribution in [0.4, 0.5) is 17.6 Å². The number of alkyl halides is 3. The zero-order chi connectivity index (χ0) is 14.9. The highest BCUT2D eigenvalue weighted by atomic mass is 79.9. The molecule has 0 radical (unpaired) electrons. The number of hydrogen-bond acceptors (Lipinski definition) is 4. The molecule has 1 unspecified atom stereocenters. The third-order valence-electron chi connectivity index (χ3n) is 2.49. The smallest absolute Gasteiger partial charge is 0.271 e. The molecule has 2 aromatic rings. The summed E-state index contributed by atoms with van der Waals surface area (Å²) in [5.74, 6) is 4.75. The van der Waals surface area contributed by atoms with Gasteiger partial charge in [-0.2, -0.15) is 13.2 Å². The summed E-state index contributed by atoms with van der Waals surface area (Å²) in [6.07, 6.45) is -3.49. The summed E-state index contributed by atoms with van der Waals surface area (Å²) >= 11 is 3.53. The Kier molecular flexibility index (Phi) is 4.43. The summed E-state index contributed by atoms with van der Waals surface area (Å²) in [6.45, 7) is 0. The molecule has 0 aliphatic carbocycles. The summed E-state index contributed by atoms with van der Waals surface area (Å²) in [4.78, 5) is 3.48. The first-order valence-corrected chi connectivity index (χ1v) is 6.88. The highest BCUT2D eigenvalue weighted by Crippen LogP contribution is 2.36. The third-order valence-corrected chi connectivity index (χ3v) is 4.09. The zero-order valence-corrected chi connectivity index (χ0v) is 12.1. The molecule has 1 aromatic heterocycles. The molecule has 0 bridgehead atoms. The van der Waals surface area contributed by atoms with Crippen LogP contribution < -0.4 is 11.3 Å². The topological polar surface area (TPSA) is 50.9 Å². The van der Waals surface area contributed by atoms with E-state index in [4.69, 9.17) is 5.84 Å². The molecular formula is C11H8BrF4N3S. The zero-order valence-electron chi connectivity index (χ0n) is 9.71. The van der Waals surface area contributed by atoms with Crippen molar-refractivity contribution in [2.24, 2.45) is 5.84 Å². The number of nitrogens with two attached hydrogens (primary N) is 1. The second kappa shape index (κ2) is 5.76. The van der Waals surface area contributed by atoms with Crippen molar-refractivity contribution in [2.75, 3.05) is 0 Å². The Balaban J connectivity index is 2.40. The lowest BCUT2D eigenvalue weighted by Gasteiger charge is -2.15. The maximum Gasteiger partial charge on any atom is 0.443 e. The van der Waals surface area contributed by atoms with Crippen LogP contribution in [0.15, 0.2) is 28.9 Å². The highest BCUT2D eigenvalue weighted by molar-refractivity contribution is 9.10. The van der Waals surface area contributed by atoms with Crippen LogP contribution in [0.1, 0.15) is 21.5 Å². The number of aromatic nitrogens is 1. The molecule has 3 nitrogen and oxygen atoms in total. The van der Waals surface area contributed by atoms with E-state index in [9.17, 15) is 17.6 Å². The molecule has 108 valence electrons. The minimum atomic E-state index is -4.53. The van der Waals surface area contributed by atoms with E-state index in [1.807, 2.05) is 0 Å². The maximum atomic E-state index is 13.9. The first-order chi connectivity index (χ1) is 9.32. The van der Waals surface area contributed by atoms with Crippen molar-refractivity contribution in [3.63, 3.8) is 0 Å². The molecule has 1 atom stereocenters. The van der Waals surface area contributed by atoms with Gasteiger partial charge in [-0.05, 0) is 12.1 Å². The Bertz CT molecular complexity index is 614. The number of hydrogen-bond donors (Lipinski definition) is 2. The van der Waals surface area contributed by atoms with Gasteiger partial charge in [-0.1, -0.05) is 22.0 Å². The van der Waals surface area contributed by atoms with Gasteiger partial charge < -0.3 is 0 Å². The van der Waals surface area contributed by atoms with E-state index in [1.54, 1.807) is 6.07 Å². The van der Waals surface area contributed by atoms with Crippen LogP contribution in [-0.4, -0.2) is 4.98 Å². The lowest BCUT2D eigenvalue weighted by molar-refractivity contribution is -0.137. The van der Waals surface area contributed by atoms with Gasteiger partial charge in [0.05, 0.1) is 6.04 Å². The number of nitrogens with one attached hydrogen (secondary N) is 1. The Labute approximate surface area is 123 Å². The second-order valence-electron chi connectivity index (χ2n) is 3.83. The first kappa shape index (κ1) is 15.4. The largest absolute Gasteiger partial charge is 0.443 e. The standard InChI is InChI=1S/C11H8BrF4N3S/c12-5-1-2-6(7(13)3-5)9(19-17)8-4-18-10(20-8)11(14,15)16/h1-4,9,19H,17H2. The minimum absolute atomic E-state index is 0.146.